The lowest BCUT2D eigenvalue weighted by molar-refractivity contribution is 1.13. The maximum atomic E-state index is 9.56. The molecule has 0 unspecified atom stereocenters. The van der Waals surface area contributed by atoms with E-state index in [0.29, 0.717) is 11.1 Å². The van der Waals surface area contributed by atoms with Gasteiger partial charge in [0.15, 0.2) is 0 Å². The molecule has 2 heterocycles. The van der Waals surface area contributed by atoms with Gasteiger partial charge in [-0.25, -0.2) is 0 Å². The van der Waals surface area contributed by atoms with Crippen molar-refractivity contribution in [3.8, 4) is 23.5 Å². The van der Waals surface area contributed by atoms with Crippen LogP contribution < -0.4 is 5.19 Å². The highest BCUT2D eigenvalue weighted by atomic mass is 28.3. The predicted octanol–water partition coefficient (Wildman–Crippen LogP) is 8.17. The summed E-state index contributed by atoms with van der Waals surface area (Å²) in [6, 6.07) is 40.3. The molecular formula is C35H26N4Si. The fourth-order valence-electron chi connectivity index (χ4n) is 5.93. The van der Waals surface area contributed by atoms with Crippen LogP contribution in [0.25, 0.3) is 55.0 Å². The Bertz CT molecular complexity index is 2160. The van der Waals surface area contributed by atoms with Gasteiger partial charge in [-0.05, 0) is 66.7 Å². The van der Waals surface area contributed by atoms with Gasteiger partial charge < -0.3 is 9.13 Å². The molecule has 7 rings (SSSR count). The highest BCUT2D eigenvalue weighted by Gasteiger charge is 2.20. The van der Waals surface area contributed by atoms with Crippen LogP contribution >= 0.6 is 0 Å². The highest BCUT2D eigenvalue weighted by molar-refractivity contribution is 6.88. The standard InChI is InChI=1S/C35H26N4Si/c1-40(2,3)27-13-16-35-31(20-27)28-9-4-5-10-32(28)38(35)25-7-6-8-26(19-25)39-33-14-11-23(21-36)17-29(33)30-18-24(22-37)12-15-34(30)39/h4-20H,1-3H3. The van der Waals surface area contributed by atoms with Crippen molar-refractivity contribution in [2.24, 2.45) is 0 Å². The van der Waals surface area contributed by atoms with Crippen molar-refractivity contribution >= 4 is 56.9 Å². The molecule has 0 bridgehead atoms. The van der Waals surface area contributed by atoms with E-state index in [1.165, 1.54) is 27.0 Å². The lowest BCUT2D eigenvalue weighted by Gasteiger charge is -2.17. The van der Waals surface area contributed by atoms with Gasteiger partial charge in [-0.3, -0.25) is 0 Å². The molecule has 40 heavy (non-hydrogen) atoms. The summed E-state index contributed by atoms with van der Waals surface area (Å²) >= 11 is 0. The second-order valence-corrected chi connectivity index (χ2v) is 16.5. The van der Waals surface area contributed by atoms with Gasteiger partial charge in [0.2, 0.25) is 0 Å². The summed E-state index contributed by atoms with van der Waals surface area (Å²) in [4.78, 5) is 0. The Labute approximate surface area is 233 Å². The minimum atomic E-state index is -1.47. The first-order valence-electron chi connectivity index (χ1n) is 13.4. The quantitative estimate of drug-likeness (QED) is 0.216. The normalized spacial score (nSPS) is 11.8. The number of hydrogen-bond donors (Lipinski definition) is 0. The van der Waals surface area contributed by atoms with E-state index >= 15 is 0 Å². The van der Waals surface area contributed by atoms with Gasteiger partial charge in [0.05, 0.1) is 53.4 Å². The molecule has 7 aromatic rings. The van der Waals surface area contributed by atoms with Gasteiger partial charge in [-0.1, -0.05) is 61.2 Å². The van der Waals surface area contributed by atoms with Crippen LogP contribution in [0, 0.1) is 22.7 Å². The van der Waals surface area contributed by atoms with E-state index in [2.05, 4.69) is 108 Å². The minimum Gasteiger partial charge on any atom is -0.309 e. The number of rotatable bonds is 3. The van der Waals surface area contributed by atoms with E-state index in [4.69, 9.17) is 0 Å². The fourth-order valence-corrected chi connectivity index (χ4v) is 7.09. The zero-order valence-corrected chi connectivity index (χ0v) is 23.6. The smallest absolute Gasteiger partial charge is 0.0991 e. The zero-order valence-electron chi connectivity index (χ0n) is 22.6. The third-order valence-electron chi connectivity index (χ3n) is 7.91. The van der Waals surface area contributed by atoms with Gasteiger partial charge in [0.25, 0.3) is 0 Å². The van der Waals surface area contributed by atoms with E-state index in [1.54, 1.807) is 0 Å². The van der Waals surface area contributed by atoms with Gasteiger partial charge >= 0.3 is 0 Å². The molecule has 0 fully saturated rings. The summed E-state index contributed by atoms with van der Waals surface area (Å²) in [6.45, 7) is 7.17. The van der Waals surface area contributed by atoms with Gasteiger partial charge in [0.1, 0.15) is 0 Å². The van der Waals surface area contributed by atoms with Gasteiger partial charge in [-0.2, -0.15) is 10.5 Å². The summed E-state index contributed by atoms with van der Waals surface area (Å²) in [5.41, 5.74) is 7.70. The van der Waals surface area contributed by atoms with E-state index in [-0.39, 0.29) is 0 Å². The van der Waals surface area contributed by atoms with Crippen LogP contribution in [0.5, 0.6) is 0 Å². The fraction of sp³-hybridized carbons (Fsp3) is 0.0857. The number of nitriles is 2. The molecule has 0 aliphatic carbocycles. The molecule has 0 radical (unpaired) electrons. The molecule has 0 atom stereocenters. The zero-order chi connectivity index (χ0) is 27.6. The lowest BCUT2D eigenvalue weighted by Crippen LogP contribution is -2.37. The Morgan fingerprint density at radius 1 is 0.500 bits per heavy atom. The van der Waals surface area contributed by atoms with Crippen LogP contribution in [0.1, 0.15) is 11.1 Å². The predicted molar refractivity (Wildman–Crippen MR) is 168 cm³/mol. The molecule has 0 aliphatic heterocycles. The average Bonchev–Trinajstić information content (AvgIpc) is 3.48. The maximum absolute atomic E-state index is 9.56. The van der Waals surface area contributed by atoms with Crippen LogP contribution in [0.15, 0.2) is 103 Å². The average molecular weight is 531 g/mol. The number of para-hydroxylation sites is 1. The topological polar surface area (TPSA) is 57.4 Å². The highest BCUT2D eigenvalue weighted by Crippen LogP contribution is 2.36. The molecule has 2 aromatic heterocycles. The molecule has 0 spiro atoms. The largest absolute Gasteiger partial charge is 0.309 e. The molecule has 0 saturated heterocycles. The molecule has 0 aliphatic rings. The van der Waals surface area contributed by atoms with Crippen molar-refractivity contribution in [2.75, 3.05) is 0 Å². The van der Waals surface area contributed by atoms with Crippen molar-refractivity contribution in [3.05, 3.63) is 114 Å². The molecule has 0 amide bonds. The number of aromatic nitrogens is 2. The molecule has 0 saturated carbocycles. The Balaban J connectivity index is 1.51. The van der Waals surface area contributed by atoms with Crippen molar-refractivity contribution in [1.29, 1.82) is 10.5 Å². The summed E-state index contributed by atoms with van der Waals surface area (Å²) < 4.78 is 4.59. The van der Waals surface area contributed by atoms with Crippen LogP contribution in [0.4, 0.5) is 0 Å². The Kier molecular flexibility index (Phi) is 5.22. The van der Waals surface area contributed by atoms with Crippen molar-refractivity contribution < 1.29 is 0 Å². The maximum Gasteiger partial charge on any atom is 0.0991 e. The van der Waals surface area contributed by atoms with E-state index in [9.17, 15) is 10.5 Å². The number of fused-ring (bicyclic) bond motifs is 6. The molecule has 0 N–H and O–H groups in total. The Morgan fingerprint density at radius 3 is 1.55 bits per heavy atom. The lowest BCUT2D eigenvalue weighted by atomic mass is 10.1. The molecule has 4 nitrogen and oxygen atoms in total. The second-order valence-electron chi connectivity index (χ2n) is 11.4. The molecule has 190 valence electrons. The first-order valence-corrected chi connectivity index (χ1v) is 16.9. The van der Waals surface area contributed by atoms with Crippen molar-refractivity contribution in [1.82, 2.24) is 9.13 Å². The second kappa shape index (κ2) is 8.71. The van der Waals surface area contributed by atoms with E-state index < -0.39 is 8.07 Å². The first-order chi connectivity index (χ1) is 19.4. The third kappa shape index (κ3) is 3.56. The Morgan fingerprint density at radius 2 is 1.00 bits per heavy atom. The molecule has 5 heteroatoms. The van der Waals surface area contributed by atoms with Crippen LogP contribution in [-0.4, -0.2) is 17.2 Å². The van der Waals surface area contributed by atoms with Crippen molar-refractivity contribution in [2.45, 2.75) is 19.6 Å². The van der Waals surface area contributed by atoms with Gasteiger partial charge in [-0.15, -0.1) is 0 Å². The summed E-state index contributed by atoms with van der Waals surface area (Å²) in [6.07, 6.45) is 0. The molecular weight excluding hydrogens is 504 g/mol. The first kappa shape index (κ1) is 24.0. The van der Waals surface area contributed by atoms with E-state index in [1.807, 2.05) is 36.4 Å². The van der Waals surface area contributed by atoms with Crippen LogP contribution in [-0.2, 0) is 0 Å². The number of benzene rings is 5. The molecule has 5 aromatic carbocycles. The summed E-state index contributed by atoms with van der Waals surface area (Å²) in [5.74, 6) is 0. The number of nitrogens with zero attached hydrogens (tertiary/aromatic N) is 4. The monoisotopic (exact) mass is 530 g/mol. The Hall–Kier alpha value is -5.10. The summed E-state index contributed by atoms with van der Waals surface area (Å²) in [5, 5.41) is 25.0. The van der Waals surface area contributed by atoms with Crippen LogP contribution in [0.3, 0.4) is 0 Å². The summed E-state index contributed by atoms with van der Waals surface area (Å²) in [7, 11) is -1.47. The minimum absolute atomic E-state index is 0.602. The van der Waals surface area contributed by atoms with E-state index in [0.717, 1.165) is 33.2 Å². The third-order valence-corrected chi connectivity index (χ3v) is 9.95. The van der Waals surface area contributed by atoms with Gasteiger partial charge in [0, 0.05) is 32.9 Å². The van der Waals surface area contributed by atoms with Crippen LogP contribution in [0.2, 0.25) is 19.6 Å². The number of hydrogen-bond acceptors (Lipinski definition) is 2. The SMILES string of the molecule is C[Si](C)(C)c1ccc2c(c1)c1ccccc1n2-c1cccc(-n2c3ccc(C#N)cc3c3cc(C#N)ccc32)c1. The van der Waals surface area contributed by atoms with Crippen molar-refractivity contribution in [3.63, 3.8) is 0 Å².